The Morgan fingerprint density at radius 2 is 1.65 bits per heavy atom. The van der Waals surface area contributed by atoms with Crippen LogP contribution in [-0.4, -0.2) is 90.5 Å². The average Bonchev–Trinajstić information content (AvgIpc) is 3.52. The quantitative estimate of drug-likeness (QED) is 0.167. The highest BCUT2D eigenvalue weighted by molar-refractivity contribution is 5.93. The highest BCUT2D eigenvalue weighted by Crippen LogP contribution is 2.23. The second-order valence-electron chi connectivity index (χ2n) is 10.8. The second-order valence-corrected chi connectivity index (χ2v) is 10.8. The number of hydrogen-bond acceptors (Lipinski definition) is 7. The van der Waals surface area contributed by atoms with E-state index in [0.717, 1.165) is 16.3 Å². The number of nitrogens with one attached hydrogen (secondary N) is 4. The van der Waals surface area contributed by atoms with Crippen LogP contribution in [0, 0.1) is 5.92 Å². The molecule has 1 saturated heterocycles. The molecule has 1 heterocycles. The maximum Gasteiger partial charge on any atom is 0.243 e. The third kappa shape index (κ3) is 9.75. The summed E-state index contributed by atoms with van der Waals surface area (Å²) < 4.78 is 0. The first kappa shape index (κ1) is 33.5. The van der Waals surface area contributed by atoms with E-state index in [4.69, 9.17) is 5.73 Å². The van der Waals surface area contributed by atoms with E-state index in [1.54, 1.807) is 4.90 Å². The average molecular weight is 597 g/mol. The molecule has 0 saturated carbocycles. The molecule has 43 heavy (non-hydrogen) atoms. The fourth-order valence-corrected chi connectivity index (χ4v) is 5.21. The van der Waals surface area contributed by atoms with Crippen LogP contribution >= 0.6 is 0 Å². The van der Waals surface area contributed by atoms with Gasteiger partial charge in [-0.3, -0.25) is 24.0 Å². The fraction of sp³-hybridized carbons (Fsp3) is 0.516. The highest BCUT2D eigenvalue weighted by Gasteiger charge is 2.37. The van der Waals surface area contributed by atoms with Gasteiger partial charge in [-0.05, 0) is 42.0 Å². The smallest absolute Gasteiger partial charge is 0.243 e. The molecule has 1 fully saturated rings. The lowest BCUT2D eigenvalue weighted by Gasteiger charge is -2.29. The van der Waals surface area contributed by atoms with Crippen LogP contribution in [0.3, 0.4) is 0 Å². The molecule has 2 aromatic carbocycles. The largest absolute Gasteiger partial charge is 0.389 e. The van der Waals surface area contributed by atoms with Crippen LogP contribution in [0.15, 0.2) is 42.5 Å². The summed E-state index contributed by atoms with van der Waals surface area (Å²) in [6.45, 7) is 3.55. The minimum Gasteiger partial charge on any atom is -0.389 e. The molecule has 1 aliphatic rings. The summed E-state index contributed by atoms with van der Waals surface area (Å²) in [5.41, 5.74) is 6.02. The zero-order chi connectivity index (χ0) is 31.4. The van der Waals surface area contributed by atoms with Crippen LogP contribution in [0.25, 0.3) is 10.8 Å². The Labute approximate surface area is 252 Å². The lowest BCUT2D eigenvalue weighted by atomic mass is 10.00. The predicted octanol–water partition coefficient (Wildman–Crippen LogP) is -0.0375. The van der Waals surface area contributed by atoms with Gasteiger partial charge in [0.25, 0.3) is 0 Å². The van der Waals surface area contributed by atoms with E-state index < -0.39 is 35.9 Å². The van der Waals surface area contributed by atoms with E-state index in [9.17, 15) is 29.1 Å². The minimum atomic E-state index is -1.11. The fourth-order valence-electron chi connectivity index (χ4n) is 5.21. The Morgan fingerprint density at radius 3 is 2.35 bits per heavy atom. The number of amides is 5. The molecule has 5 amide bonds. The first-order chi connectivity index (χ1) is 20.7. The van der Waals surface area contributed by atoms with Gasteiger partial charge in [-0.25, -0.2) is 0 Å². The normalized spacial score (nSPS) is 16.0. The van der Waals surface area contributed by atoms with Gasteiger partial charge in [0.15, 0.2) is 0 Å². The summed E-state index contributed by atoms with van der Waals surface area (Å²) >= 11 is 0. The monoisotopic (exact) mass is 596 g/mol. The zero-order valence-corrected chi connectivity index (χ0v) is 24.9. The van der Waals surface area contributed by atoms with E-state index in [1.165, 1.54) is 0 Å². The second kappa shape index (κ2) is 16.6. The number of rotatable bonds is 15. The van der Waals surface area contributed by atoms with E-state index >= 15 is 0 Å². The summed E-state index contributed by atoms with van der Waals surface area (Å²) in [6.07, 6.45) is 1.70. The van der Waals surface area contributed by atoms with Crippen molar-refractivity contribution in [1.82, 2.24) is 26.2 Å². The van der Waals surface area contributed by atoms with Crippen molar-refractivity contribution in [1.29, 1.82) is 0 Å². The topological polar surface area (TPSA) is 183 Å². The third-order valence-corrected chi connectivity index (χ3v) is 7.74. The van der Waals surface area contributed by atoms with Crippen LogP contribution in [0.2, 0.25) is 0 Å². The molecular formula is C31H44N6O6. The molecule has 12 nitrogen and oxygen atoms in total. The van der Waals surface area contributed by atoms with Crippen molar-refractivity contribution < 1.29 is 29.1 Å². The van der Waals surface area contributed by atoms with Crippen molar-refractivity contribution in [2.24, 2.45) is 11.7 Å². The number of fused-ring (bicyclic) bond motifs is 1. The number of aliphatic hydroxyl groups is 1. The van der Waals surface area contributed by atoms with Gasteiger partial charge in [0.05, 0.1) is 19.2 Å². The van der Waals surface area contributed by atoms with E-state index in [-0.39, 0.29) is 50.3 Å². The Hall–Kier alpha value is -4.03. The molecule has 7 N–H and O–H groups in total. The van der Waals surface area contributed by atoms with E-state index in [2.05, 4.69) is 21.3 Å². The van der Waals surface area contributed by atoms with E-state index in [0.29, 0.717) is 32.2 Å². The number of carbonyl (C=O) groups is 5. The molecule has 3 rings (SSSR count). The van der Waals surface area contributed by atoms with Crippen molar-refractivity contribution in [3.8, 4) is 0 Å². The van der Waals surface area contributed by atoms with Gasteiger partial charge in [0.2, 0.25) is 29.5 Å². The number of carbonyl (C=O) groups excluding carboxylic acids is 5. The summed E-state index contributed by atoms with van der Waals surface area (Å²) in [6, 6.07) is 12.0. The molecule has 12 heteroatoms. The molecule has 2 unspecified atom stereocenters. The number of nitrogens with zero attached hydrogens (tertiary/aromatic N) is 1. The van der Waals surface area contributed by atoms with Crippen molar-refractivity contribution in [2.45, 2.75) is 64.1 Å². The molecule has 0 bridgehead atoms. The summed E-state index contributed by atoms with van der Waals surface area (Å²) in [5.74, 6) is -2.07. The molecule has 3 atom stereocenters. The maximum atomic E-state index is 13.5. The lowest BCUT2D eigenvalue weighted by molar-refractivity contribution is -0.142. The summed E-state index contributed by atoms with van der Waals surface area (Å²) in [5, 5.41) is 22.7. The van der Waals surface area contributed by atoms with Gasteiger partial charge in [-0.1, -0.05) is 56.3 Å². The number of aliphatic hydroxyl groups excluding tert-OH is 1. The van der Waals surface area contributed by atoms with Gasteiger partial charge in [-0.2, -0.15) is 0 Å². The van der Waals surface area contributed by atoms with Crippen LogP contribution < -0.4 is 27.0 Å². The van der Waals surface area contributed by atoms with Crippen molar-refractivity contribution in [3.63, 3.8) is 0 Å². The predicted molar refractivity (Wildman–Crippen MR) is 162 cm³/mol. The van der Waals surface area contributed by atoms with Gasteiger partial charge < -0.3 is 37.0 Å². The number of nitrogens with two attached hydrogens (primary N) is 1. The maximum absolute atomic E-state index is 13.5. The van der Waals surface area contributed by atoms with Gasteiger partial charge in [0, 0.05) is 32.0 Å². The van der Waals surface area contributed by atoms with E-state index in [1.807, 2.05) is 56.3 Å². The van der Waals surface area contributed by atoms with Crippen molar-refractivity contribution in [2.75, 3.05) is 32.7 Å². The number of likely N-dealkylation sites (tertiary alicyclic amines) is 1. The van der Waals surface area contributed by atoms with Gasteiger partial charge in [-0.15, -0.1) is 0 Å². The lowest BCUT2D eigenvalue weighted by Crippen LogP contribution is -2.55. The first-order valence-corrected chi connectivity index (χ1v) is 14.9. The molecule has 1 aliphatic heterocycles. The Morgan fingerprint density at radius 1 is 0.953 bits per heavy atom. The molecule has 0 aromatic heterocycles. The Bertz CT molecular complexity index is 1280. The summed E-state index contributed by atoms with van der Waals surface area (Å²) in [7, 11) is 0. The van der Waals surface area contributed by atoms with Crippen molar-refractivity contribution in [3.05, 3.63) is 48.0 Å². The van der Waals surface area contributed by atoms with Crippen LogP contribution in [0.1, 0.15) is 45.1 Å². The van der Waals surface area contributed by atoms with Crippen LogP contribution in [0.4, 0.5) is 0 Å². The molecular weight excluding hydrogens is 552 g/mol. The molecule has 0 radical (unpaired) electrons. The Kier molecular flexibility index (Phi) is 12.9. The minimum absolute atomic E-state index is 0.0362. The number of hydrogen-bond donors (Lipinski definition) is 6. The Balaban J connectivity index is 1.67. The van der Waals surface area contributed by atoms with Crippen molar-refractivity contribution >= 4 is 40.3 Å². The standard InChI is InChI=1S/C31H44N6O6/c1-3-21(4-2)31(43)37-13-7-10-26(37)30(42)36-25(15-20-11-12-22-8-5-6-9-23(22)14-20)29(41)35-18-24(38)17-33-28(40)19-34-27(39)16-32/h5-6,8-9,11-12,14,21,24-26,38H,3-4,7,10,13,15-19,32H2,1-2H3,(H,33,40)(H,34,39)(H,35,41)(H,36,42)/t24?,25-,26?/m1/s1. The van der Waals surface area contributed by atoms with Crippen LogP contribution in [0.5, 0.6) is 0 Å². The zero-order valence-electron chi connectivity index (χ0n) is 24.9. The SMILES string of the molecule is CCC(CC)C(=O)N1CCCC1C(=O)N[C@H](Cc1ccc2ccccc2c1)C(=O)NCC(O)CNC(=O)CNC(=O)CN. The third-order valence-electron chi connectivity index (χ3n) is 7.74. The number of benzene rings is 2. The van der Waals surface area contributed by atoms with Gasteiger partial charge >= 0.3 is 0 Å². The molecule has 2 aromatic rings. The first-order valence-electron chi connectivity index (χ1n) is 14.9. The molecule has 0 spiro atoms. The summed E-state index contributed by atoms with van der Waals surface area (Å²) in [4.78, 5) is 64.7. The molecule has 234 valence electrons. The van der Waals surface area contributed by atoms with Crippen LogP contribution in [-0.2, 0) is 30.4 Å². The van der Waals surface area contributed by atoms with Gasteiger partial charge in [0.1, 0.15) is 12.1 Å². The molecule has 0 aliphatic carbocycles. The highest BCUT2D eigenvalue weighted by atomic mass is 16.3.